The Morgan fingerprint density at radius 2 is 2.17 bits per heavy atom. The first kappa shape index (κ1) is 20.8. The predicted molar refractivity (Wildman–Crippen MR) is 117 cm³/mol. The van der Waals surface area contributed by atoms with Gasteiger partial charge in [0.2, 0.25) is 5.13 Å². The van der Waals surface area contributed by atoms with Crippen LogP contribution in [0.4, 0.5) is 0 Å². The lowest BCUT2D eigenvalue weighted by molar-refractivity contribution is -0.137. The molecule has 3 heterocycles. The van der Waals surface area contributed by atoms with Crippen molar-refractivity contribution < 1.29 is 14.6 Å². The maximum absolute atomic E-state index is 10.8. The summed E-state index contributed by atoms with van der Waals surface area (Å²) < 4.78 is 7.78. The number of aromatic nitrogens is 3. The van der Waals surface area contributed by atoms with E-state index in [0.717, 1.165) is 35.2 Å². The third-order valence-electron chi connectivity index (χ3n) is 4.95. The number of carboxylic acid groups (broad SMARTS) is 1. The molecule has 0 amide bonds. The average molecular weight is 447 g/mol. The molecule has 0 saturated carbocycles. The Hall–Kier alpha value is -2.42. The molecule has 0 fully saturated rings. The van der Waals surface area contributed by atoms with E-state index in [9.17, 15) is 4.79 Å². The maximum atomic E-state index is 10.8. The first-order chi connectivity index (χ1) is 14.4. The van der Waals surface area contributed by atoms with Crippen molar-refractivity contribution in [1.29, 1.82) is 0 Å². The Morgan fingerprint density at radius 1 is 1.33 bits per heavy atom. The van der Waals surface area contributed by atoms with Crippen LogP contribution < -0.4 is 4.74 Å². The Morgan fingerprint density at radius 3 is 2.90 bits per heavy atom. The fraction of sp³-hybridized carbons (Fsp3) is 0.381. The Kier molecular flexibility index (Phi) is 6.08. The van der Waals surface area contributed by atoms with E-state index in [1.54, 1.807) is 0 Å². The minimum absolute atomic E-state index is 0.0569. The van der Waals surface area contributed by atoms with Gasteiger partial charge in [0.1, 0.15) is 10.8 Å². The van der Waals surface area contributed by atoms with Crippen molar-refractivity contribution in [3.05, 3.63) is 46.7 Å². The van der Waals surface area contributed by atoms with E-state index in [1.165, 1.54) is 22.6 Å². The number of carbonyl (C=O) groups is 1. The van der Waals surface area contributed by atoms with E-state index in [1.807, 2.05) is 38.2 Å². The molecule has 30 heavy (non-hydrogen) atoms. The zero-order valence-electron chi connectivity index (χ0n) is 16.8. The van der Waals surface area contributed by atoms with Crippen LogP contribution in [0.5, 0.6) is 5.75 Å². The number of carboxylic acids is 1. The fourth-order valence-electron chi connectivity index (χ4n) is 3.55. The summed E-state index contributed by atoms with van der Waals surface area (Å²) in [5.74, 6) is -0.101. The summed E-state index contributed by atoms with van der Waals surface area (Å²) in [5.41, 5.74) is 3.32. The molecule has 1 aromatic carbocycles. The topological polar surface area (TPSA) is 80.5 Å². The molecule has 158 valence electrons. The first-order valence-corrected chi connectivity index (χ1v) is 11.0. The zero-order valence-corrected chi connectivity index (χ0v) is 18.4. The normalized spacial score (nSPS) is 14.1. The number of fused-ring (bicyclic) bond motifs is 1. The summed E-state index contributed by atoms with van der Waals surface area (Å²) in [6.07, 6.45) is 3.09. The Bertz CT molecular complexity index is 1060. The molecule has 0 bridgehead atoms. The molecule has 1 aliphatic heterocycles. The van der Waals surface area contributed by atoms with Crippen LogP contribution in [0.15, 0.2) is 30.5 Å². The maximum Gasteiger partial charge on any atom is 0.304 e. The quantitative estimate of drug-likeness (QED) is 0.583. The number of hydrogen-bond donors (Lipinski definition) is 1. The summed E-state index contributed by atoms with van der Waals surface area (Å²) in [6, 6.07) is 7.74. The van der Waals surface area contributed by atoms with Crippen LogP contribution in [0, 0.1) is 0 Å². The van der Waals surface area contributed by atoms with Crippen molar-refractivity contribution in [2.45, 2.75) is 39.3 Å². The third kappa shape index (κ3) is 4.50. The number of rotatable bonds is 7. The molecule has 0 spiro atoms. The second-order valence-corrected chi connectivity index (χ2v) is 8.89. The van der Waals surface area contributed by atoms with Crippen LogP contribution in [-0.2, 0) is 17.8 Å². The molecule has 2 aromatic heterocycles. The van der Waals surface area contributed by atoms with E-state index in [0.29, 0.717) is 17.3 Å². The summed E-state index contributed by atoms with van der Waals surface area (Å²) >= 11 is 7.88. The van der Waals surface area contributed by atoms with Gasteiger partial charge in [-0.05, 0) is 43.7 Å². The molecular weight excluding hydrogens is 424 g/mol. The zero-order chi connectivity index (χ0) is 21.3. The smallest absolute Gasteiger partial charge is 0.304 e. The van der Waals surface area contributed by atoms with Gasteiger partial charge in [-0.3, -0.25) is 14.3 Å². The monoisotopic (exact) mass is 446 g/mol. The molecule has 9 heteroatoms. The molecule has 0 atom stereocenters. The molecule has 1 N–H and O–H groups in total. The van der Waals surface area contributed by atoms with E-state index >= 15 is 0 Å². The van der Waals surface area contributed by atoms with Crippen molar-refractivity contribution in [2.75, 3.05) is 13.1 Å². The van der Waals surface area contributed by atoms with Crippen LogP contribution >= 0.6 is 22.9 Å². The second-order valence-electron chi connectivity index (χ2n) is 7.53. The largest absolute Gasteiger partial charge is 0.489 e. The second kappa shape index (κ2) is 8.75. The number of aliphatic carboxylic acids is 1. The number of nitrogens with zero attached hydrogens (tertiary/aromatic N) is 4. The molecule has 3 aromatic rings. The molecule has 0 radical (unpaired) electrons. The minimum atomic E-state index is -0.760. The number of halogens is 1. The predicted octanol–water partition coefficient (Wildman–Crippen LogP) is 4.27. The summed E-state index contributed by atoms with van der Waals surface area (Å²) in [7, 11) is 0. The molecule has 1 aliphatic rings. The number of benzene rings is 1. The summed E-state index contributed by atoms with van der Waals surface area (Å²) in [4.78, 5) is 13.0. The highest BCUT2D eigenvalue weighted by atomic mass is 35.5. The van der Waals surface area contributed by atoms with Crippen LogP contribution in [0.1, 0.15) is 31.5 Å². The molecule has 4 rings (SSSR count). The minimum Gasteiger partial charge on any atom is -0.489 e. The van der Waals surface area contributed by atoms with Crippen LogP contribution in [0.3, 0.4) is 0 Å². The van der Waals surface area contributed by atoms with Crippen molar-refractivity contribution in [3.63, 3.8) is 0 Å². The van der Waals surface area contributed by atoms with Crippen LogP contribution in [-0.4, -0.2) is 49.9 Å². The third-order valence-corrected chi connectivity index (χ3v) is 6.22. The van der Waals surface area contributed by atoms with Crippen molar-refractivity contribution >= 4 is 28.9 Å². The van der Waals surface area contributed by atoms with Gasteiger partial charge >= 0.3 is 5.97 Å². The van der Waals surface area contributed by atoms with E-state index in [2.05, 4.69) is 25.7 Å². The first-order valence-electron chi connectivity index (χ1n) is 9.84. The lowest BCUT2D eigenvalue weighted by Gasteiger charge is -2.27. The standard InChI is InChI=1S/C21H23ClN4O3S/c1-13(2)29-18-4-3-14(11-16(18)22)20-23-24-21(30-20)26-10-5-15-12-25(8-6-17(15)26)9-7-19(27)28/h3-5,10-11,13H,6-9,12H2,1-2H3,(H,27,28). The van der Waals surface area contributed by atoms with Gasteiger partial charge in [0.15, 0.2) is 0 Å². The van der Waals surface area contributed by atoms with Gasteiger partial charge in [-0.15, -0.1) is 10.2 Å². The van der Waals surface area contributed by atoms with E-state index in [-0.39, 0.29) is 12.5 Å². The van der Waals surface area contributed by atoms with Gasteiger partial charge in [0.05, 0.1) is 17.5 Å². The fourth-order valence-corrected chi connectivity index (χ4v) is 4.63. The van der Waals surface area contributed by atoms with Crippen LogP contribution in [0.2, 0.25) is 5.02 Å². The number of ether oxygens (including phenoxy) is 1. The van der Waals surface area contributed by atoms with Gasteiger partial charge in [-0.25, -0.2) is 0 Å². The Balaban J connectivity index is 1.52. The summed E-state index contributed by atoms with van der Waals surface area (Å²) in [6.45, 7) is 6.09. The van der Waals surface area contributed by atoms with Gasteiger partial charge in [-0.1, -0.05) is 22.9 Å². The van der Waals surface area contributed by atoms with Crippen molar-refractivity contribution in [1.82, 2.24) is 19.7 Å². The lowest BCUT2D eigenvalue weighted by atomic mass is 10.1. The van der Waals surface area contributed by atoms with Crippen molar-refractivity contribution in [2.24, 2.45) is 0 Å². The number of hydrogen-bond acceptors (Lipinski definition) is 6. The molecule has 0 saturated heterocycles. The molecular formula is C21H23ClN4O3S. The SMILES string of the molecule is CC(C)Oc1ccc(-c2nnc(-n3ccc4c3CCN(CCC(=O)O)C4)s2)cc1Cl. The van der Waals surface area contributed by atoms with Gasteiger partial charge < -0.3 is 9.84 Å². The summed E-state index contributed by atoms with van der Waals surface area (Å²) in [5, 5.41) is 19.8. The molecule has 0 unspecified atom stereocenters. The van der Waals surface area contributed by atoms with Crippen LogP contribution in [0.25, 0.3) is 15.7 Å². The lowest BCUT2D eigenvalue weighted by Crippen LogP contribution is -2.32. The van der Waals surface area contributed by atoms with Gasteiger partial charge in [0, 0.05) is 43.5 Å². The highest BCUT2D eigenvalue weighted by Crippen LogP contribution is 2.34. The van der Waals surface area contributed by atoms with Gasteiger partial charge in [-0.2, -0.15) is 0 Å². The molecule has 0 aliphatic carbocycles. The van der Waals surface area contributed by atoms with Gasteiger partial charge in [0.25, 0.3) is 0 Å². The van der Waals surface area contributed by atoms with E-state index < -0.39 is 5.97 Å². The highest BCUT2D eigenvalue weighted by molar-refractivity contribution is 7.17. The molecule has 7 nitrogen and oxygen atoms in total. The Labute approximate surface area is 183 Å². The highest BCUT2D eigenvalue weighted by Gasteiger charge is 2.22. The van der Waals surface area contributed by atoms with Crippen molar-refractivity contribution in [3.8, 4) is 21.5 Å². The average Bonchev–Trinajstić information content (AvgIpc) is 3.34. The van der Waals surface area contributed by atoms with E-state index in [4.69, 9.17) is 21.4 Å².